The third kappa shape index (κ3) is 3.94. The summed E-state index contributed by atoms with van der Waals surface area (Å²) >= 11 is 3.48. The number of pyridine rings is 1. The standard InChI is InChI=1S/C23H19BrN4O3/c1-13-20(21(23(30)31-3)27-28(13)2)26-22(29)17-12-19(14-7-6-8-15(24)11-14)25-18-10-5-4-9-16(17)18/h4-12H,1-3H3,(H,26,29). The Balaban J connectivity index is 1.83. The van der Waals surface area contributed by atoms with Gasteiger partial charge in [-0.05, 0) is 31.2 Å². The molecule has 0 bridgehead atoms. The van der Waals surface area contributed by atoms with Crippen LogP contribution in [0.3, 0.4) is 0 Å². The zero-order valence-electron chi connectivity index (χ0n) is 17.1. The number of esters is 1. The van der Waals surface area contributed by atoms with E-state index in [0.717, 1.165) is 10.0 Å². The van der Waals surface area contributed by atoms with E-state index in [2.05, 4.69) is 26.3 Å². The Morgan fingerprint density at radius 1 is 1.10 bits per heavy atom. The molecule has 0 spiro atoms. The van der Waals surface area contributed by atoms with E-state index in [-0.39, 0.29) is 11.6 Å². The number of benzene rings is 2. The average molecular weight is 479 g/mol. The van der Waals surface area contributed by atoms with Crippen molar-refractivity contribution in [1.82, 2.24) is 14.8 Å². The van der Waals surface area contributed by atoms with Crippen LogP contribution in [0.25, 0.3) is 22.2 Å². The van der Waals surface area contributed by atoms with E-state index < -0.39 is 5.97 Å². The molecule has 8 heteroatoms. The molecule has 0 saturated carbocycles. The van der Waals surface area contributed by atoms with Crippen LogP contribution < -0.4 is 5.32 Å². The van der Waals surface area contributed by atoms with Crippen LogP contribution in [0.15, 0.2) is 59.1 Å². The van der Waals surface area contributed by atoms with Gasteiger partial charge < -0.3 is 10.1 Å². The molecule has 1 N–H and O–H groups in total. The topological polar surface area (TPSA) is 86.1 Å². The maximum atomic E-state index is 13.4. The number of hydrogen-bond donors (Lipinski definition) is 1. The molecule has 2 aromatic heterocycles. The van der Waals surface area contributed by atoms with Crippen molar-refractivity contribution in [1.29, 1.82) is 0 Å². The highest BCUT2D eigenvalue weighted by Gasteiger charge is 2.23. The molecule has 4 aromatic rings. The molecule has 0 fully saturated rings. The Labute approximate surface area is 187 Å². The van der Waals surface area contributed by atoms with Crippen molar-refractivity contribution in [3.05, 3.63) is 76.0 Å². The fraction of sp³-hybridized carbons (Fsp3) is 0.130. The summed E-state index contributed by atoms with van der Waals surface area (Å²) in [6.45, 7) is 1.77. The Kier molecular flexibility index (Phi) is 5.56. The van der Waals surface area contributed by atoms with Gasteiger partial charge in [-0.25, -0.2) is 9.78 Å². The number of rotatable bonds is 4. The van der Waals surface area contributed by atoms with Gasteiger partial charge in [-0.1, -0.05) is 46.3 Å². The molecule has 0 saturated heterocycles. The molecule has 2 heterocycles. The lowest BCUT2D eigenvalue weighted by molar-refractivity contribution is 0.0594. The van der Waals surface area contributed by atoms with Crippen molar-refractivity contribution < 1.29 is 14.3 Å². The van der Waals surface area contributed by atoms with Crippen molar-refractivity contribution in [2.75, 3.05) is 12.4 Å². The van der Waals surface area contributed by atoms with Gasteiger partial charge in [0.1, 0.15) is 0 Å². The van der Waals surface area contributed by atoms with Crippen LogP contribution in [0.1, 0.15) is 26.5 Å². The SMILES string of the molecule is COC(=O)c1nn(C)c(C)c1NC(=O)c1cc(-c2cccc(Br)c2)nc2ccccc12. The minimum Gasteiger partial charge on any atom is -0.464 e. The molecule has 0 aliphatic rings. The van der Waals surface area contributed by atoms with Gasteiger partial charge in [0.2, 0.25) is 0 Å². The predicted molar refractivity (Wildman–Crippen MR) is 122 cm³/mol. The Morgan fingerprint density at radius 3 is 2.61 bits per heavy atom. The van der Waals surface area contributed by atoms with Gasteiger partial charge in [0, 0.05) is 22.5 Å². The van der Waals surface area contributed by atoms with Crippen molar-refractivity contribution in [2.24, 2.45) is 7.05 Å². The molecule has 4 rings (SSSR count). The number of carbonyl (C=O) groups excluding carboxylic acids is 2. The monoisotopic (exact) mass is 478 g/mol. The number of carbonyl (C=O) groups is 2. The number of fused-ring (bicyclic) bond motifs is 1. The second-order valence-electron chi connectivity index (χ2n) is 6.96. The van der Waals surface area contributed by atoms with Gasteiger partial charge in [0.25, 0.3) is 5.91 Å². The first-order chi connectivity index (χ1) is 14.9. The molecular formula is C23H19BrN4O3. The maximum absolute atomic E-state index is 13.4. The Bertz CT molecular complexity index is 1330. The number of hydrogen-bond acceptors (Lipinski definition) is 5. The largest absolute Gasteiger partial charge is 0.464 e. The number of nitrogens with one attached hydrogen (secondary N) is 1. The molecule has 31 heavy (non-hydrogen) atoms. The summed E-state index contributed by atoms with van der Waals surface area (Å²) in [6, 6.07) is 16.9. The normalized spacial score (nSPS) is 10.8. The van der Waals surface area contributed by atoms with Gasteiger partial charge in [-0.3, -0.25) is 9.48 Å². The molecule has 0 radical (unpaired) electrons. The van der Waals surface area contributed by atoms with Crippen LogP contribution >= 0.6 is 15.9 Å². The molecule has 0 aliphatic heterocycles. The molecule has 0 unspecified atom stereocenters. The number of para-hydroxylation sites is 1. The maximum Gasteiger partial charge on any atom is 0.360 e. The van der Waals surface area contributed by atoms with Crippen LogP contribution in [-0.2, 0) is 11.8 Å². The highest BCUT2D eigenvalue weighted by molar-refractivity contribution is 9.10. The van der Waals surface area contributed by atoms with Crippen molar-refractivity contribution in [3.8, 4) is 11.3 Å². The second kappa shape index (κ2) is 8.31. The van der Waals surface area contributed by atoms with Crippen LogP contribution in [-0.4, -0.2) is 33.8 Å². The molecular weight excluding hydrogens is 460 g/mol. The minimum atomic E-state index is -0.617. The highest BCUT2D eigenvalue weighted by Crippen LogP contribution is 2.28. The number of methoxy groups -OCH3 is 1. The van der Waals surface area contributed by atoms with E-state index in [1.54, 1.807) is 20.0 Å². The molecule has 0 aliphatic carbocycles. The van der Waals surface area contributed by atoms with Crippen LogP contribution in [0.2, 0.25) is 0 Å². The Morgan fingerprint density at radius 2 is 1.87 bits per heavy atom. The summed E-state index contributed by atoms with van der Waals surface area (Å²) in [4.78, 5) is 30.2. The quantitative estimate of drug-likeness (QED) is 0.427. The van der Waals surface area contributed by atoms with E-state index >= 15 is 0 Å². The number of amides is 1. The fourth-order valence-electron chi connectivity index (χ4n) is 3.34. The summed E-state index contributed by atoms with van der Waals surface area (Å²) in [5.41, 5.74) is 3.70. The van der Waals surface area contributed by atoms with Gasteiger partial charge in [-0.15, -0.1) is 0 Å². The van der Waals surface area contributed by atoms with Crippen LogP contribution in [0.5, 0.6) is 0 Å². The highest BCUT2D eigenvalue weighted by atomic mass is 79.9. The predicted octanol–water partition coefficient (Wildman–Crippen LogP) is 4.75. The summed E-state index contributed by atoms with van der Waals surface area (Å²) in [5, 5.41) is 7.74. The van der Waals surface area contributed by atoms with E-state index in [1.165, 1.54) is 11.8 Å². The molecule has 0 atom stereocenters. The first-order valence-electron chi connectivity index (χ1n) is 9.48. The smallest absolute Gasteiger partial charge is 0.360 e. The zero-order valence-corrected chi connectivity index (χ0v) is 18.7. The fourth-order valence-corrected chi connectivity index (χ4v) is 3.74. The second-order valence-corrected chi connectivity index (χ2v) is 7.88. The molecule has 1 amide bonds. The lowest BCUT2D eigenvalue weighted by Crippen LogP contribution is -2.16. The van der Waals surface area contributed by atoms with Crippen LogP contribution in [0, 0.1) is 6.92 Å². The lowest BCUT2D eigenvalue weighted by Gasteiger charge is -2.11. The van der Waals surface area contributed by atoms with E-state index in [9.17, 15) is 9.59 Å². The number of halogens is 1. The molecule has 2 aromatic carbocycles. The van der Waals surface area contributed by atoms with Crippen molar-refractivity contribution >= 4 is 44.4 Å². The first kappa shape index (κ1) is 20.7. The van der Waals surface area contributed by atoms with Gasteiger partial charge in [0.05, 0.1) is 35.3 Å². The third-order valence-corrected chi connectivity index (χ3v) is 5.53. The number of ether oxygens (including phenoxy) is 1. The molecule has 7 nitrogen and oxygen atoms in total. The van der Waals surface area contributed by atoms with E-state index in [4.69, 9.17) is 9.72 Å². The summed E-state index contributed by atoms with van der Waals surface area (Å²) < 4.78 is 7.25. The number of nitrogens with zero attached hydrogens (tertiary/aromatic N) is 3. The van der Waals surface area contributed by atoms with E-state index in [1.807, 2.05) is 48.5 Å². The summed E-state index contributed by atoms with van der Waals surface area (Å²) in [5.74, 6) is -0.982. The Hall–Kier alpha value is -3.52. The van der Waals surface area contributed by atoms with Gasteiger partial charge in [-0.2, -0.15) is 5.10 Å². The zero-order chi connectivity index (χ0) is 22.1. The molecule has 156 valence electrons. The van der Waals surface area contributed by atoms with Crippen molar-refractivity contribution in [2.45, 2.75) is 6.92 Å². The number of aromatic nitrogens is 3. The van der Waals surface area contributed by atoms with Crippen LogP contribution in [0.4, 0.5) is 5.69 Å². The van der Waals surface area contributed by atoms with Crippen molar-refractivity contribution in [3.63, 3.8) is 0 Å². The minimum absolute atomic E-state index is 0.0569. The lowest BCUT2D eigenvalue weighted by atomic mass is 10.0. The summed E-state index contributed by atoms with van der Waals surface area (Å²) in [7, 11) is 2.98. The summed E-state index contributed by atoms with van der Waals surface area (Å²) in [6.07, 6.45) is 0. The average Bonchev–Trinajstić information content (AvgIpc) is 3.06. The van der Waals surface area contributed by atoms with E-state index in [0.29, 0.717) is 33.5 Å². The number of aryl methyl sites for hydroxylation is 1. The van der Waals surface area contributed by atoms with Gasteiger partial charge in [0.15, 0.2) is 5.69 Å². The first-order valence-corrected chi connectivity index (χ1v) is 10.3. The van der Waals surface area contributed by atoms with Gasteiger partial charge >= 0.3 is 5.97 Å². The number of anilines is 1. The third-order valence-electron chi connectivity index (χ3n) is 5.03.